The lowest BCUT2D eigenvalue weighted by molar-refractivity contribution is -0.153. The van der Waals surface area contributed by atoms with Crippen LogP contribution < -0.4 is 10.6 Å². The first-order valence-electron chi connectivity index (χ1n) is 6.55. The van der Waals surface area contributed by atoms with Crippen molar-refractivity contribution in [2.75, 3.05) is 38.7 Å². The Kier molecular flexibility index (Phi) is 4.20. The maximum absolute atomic E-state index is 11.4. The van der Waals surface area contributed by atoms with E-state index in [-0.39, 0.29) is 0 Å². The average molecular weight is 279 g/mol. The molecule has 2 N–H and O–H groups in total. The van der Waals surface area contributed by atoms with Crippen molar-refractivity contribution in [2.24, 2.45) is 5.73 Å². The van der Waals surface area contributed by atoms with E-state index in [0.717, 1.165) is 12.1 Å². The van der Waals surface area contributed by atoms with Gasteiger partial charge in [0.1, 0.15) is 0 Å². The fraction of sp³-hybridized carbons (Fsp3) is 0.615. The molecule has 7 heteroatoms. The summed E-state index contributed by atoms with van der Waals surface area (Å²) < 4.78 is 5.49. The van der Waals surface area contributed by atoms with E-state index in [9.17, 15) is 4.79 Å². The molecule has 1 saturated heterocycles. The fourth-order valence-corrected chi connectivity index (χ4v) is 2.15. The first kappa shape index (κ1) is 14.7. The summed E-state index contributed by atoms with van der Waals surface area (Å²) in [6, 6.07) is 0. The number of hydrogen-bond donors (Lipinski definition) is 1. The lowest BCUT2D eigenvalue weighted by Crippen LogP contribution is -2.56. The highest BCUT2D eigenvalue weighted by Gasteiger charge is 2.37. The molecular formula is C13H21N5O2. The maximum atomic E-state index is 11.4. The molecule has 7 nitrogen and oxygen atoms in total. The highest BCUT2D eigenvalue weighted by atomic mass is 16.5. The number of carbonyl (C=O) groups excluding carboxylic acids is 1. The van der Waals surface area contributed by atoms with Gasteiger partial charge in [-0.1, -0.05) is 0 Å². The van der Waals surface area contributed by atoms with Gasteiger partial charge in [0, 0.05) is 51.7 Å². The van der Waals surface area contributed by atoms with E-state index in [2.05, 4.69) is 14.9 Å². The Balaban J connectivity index is 2.01. The Labute approximate surface area is 118 Å². The van der Waals surface area contributed by atoms with E-state index in [1.165, 1.54) is 0 Å². The zero-order chi connectivity index (χ0) is 14.8. The Morgan fingerprint density at radius 3 is 2.70 bits per heavy atom. The summed E-state index contributed by atoms with van der Waals surface area (Å²) in [5.41, 5.74) is 5.48. The van der Waals surface area contributed by atoms with Crippen molar-refractivity contribution in [1.29, 1.82) is 0 Å². The van der Waals surface area contributed by atoms with Crippen molar-refractivity contribution in [3.05, 3.63) is 18.0 Å². The number of primary amides is 1. The molecule has 1 aliphatic heterocycles. The number of carbonyl (C=O) groups is 1. The second-order valence-electron chi connectivity index (χ2n) is 5.44. The molecule has 0 spiro atoms. The van der Waals surface area contributed by atoms with Gasteiger partial charge >= 0.3 is 0 Å². The third-order valence-electron chi connectivity index (χ3n) is 3.37. The summed E-state index contributed by atoms with van der Waals surface area (Å²) in [5.74, 6) is 0.249. The van der Waals surface area contributed by atoms with Gasteiger partial charge in [-0.2, -0.15) is 0 Å². The fourth-order valence-electron chi connectivity index (χ4n) is 2.15. The number of morpholine rings is 1. The topological polar surface area (TPSA) is 84.6 Å². The van der Waals surface area contributed by atoms with Crippen LogP contribution in [-0.2, 0) is 16.1 Å². The molecule has 0 radical (unpaired) electrons. The zero-order valence-corrected chi connectivity index (χ0v) is 12.2. The number of ether oxygens (including phenoxy) is 1. The molecular weight excluding hydrogens is 258 g/mol. The van der Waals surface area contributed by atoms with Gasteiger partial charge in [0.15, 0.2) is 5.60 Å². The van der Waals surface area contributed by atoms with Crippen molar-refractivity contribution in [1.82, 2.24) is 14.9 Å². The highest BCUT2D eigenvalue weighted by Crippen LogP contribution is 2.18. The molecule has 0 saturated carbocycles. The van der Waals surface area contributed by atoms with E-state index in [1.807, 2.05) is 19.0 Å². The second kappa shape index (κ2) is 5.72. The average Bonchev–Trinajstić information content (AvgIpc) is 2.39. The van der Waals surface area contributed by atoms with Gasteiger partial charge in [-0.15, -0.1) is 0 Å². The largest absolute Gasteiger partial charge is 0.367 e. The van der Waals surface area contributed by atoms with Crippen LogP contribution in [0.2, 0.25) is 0 Å². The minimum atomic E-state index is -0.914. The van der Waals surface area contributed by atoms with Gasteiger partial charge in [0.2, 0.25) is 5.95 Å². The lowest BCUT2D eigenvalue weighted by atomic mass is 10.0. The smallest absolute Gasteiger partial charge is 0.250 e. The number of hydrogen-bond acceptors (Lipinski definition) is 6. The molecule has 1 aromatic heterocycles. The summed E-state index contributed by atoms with van der Waals surface area (Å²) in [6.45, 7) is 4.15. The molecule has 0 aromatic carbocycles. The second-order valence-corrected chi connectivity index (χ2v) is 5.44. The summed E-state index contributed by atoms with van der Waals surface area (Å²) in [6.07, 6.45) is 3.61. The van der Waals surface area contributed by atoms with Gasteiger partial charge in [0.05, 0.1) is 6.61 Å². The molecule has 0 aliphatic carbocycles. The number of nitrogens with zero attached hydrogens (tertiary/aromatic N) is 4. The van der Waals surface area contributed by atoms with Crippen molar-refractivity contribution in [3.8, 4) is 0 Å². The molecule has 1 aromatic rings. The van der Waals surface area contributed by atoms with Crippen LogP contribution in [0.4, 0.5) is 5.95 Å². The van der Waals surface area contributed by atoms with E-state index in [0.29, 0.717) is 25.6 Å². The number of anilines is 1. The van der Waals surface area contributed by atoms with E-state index < -0.39 is 11.5 Å². The van der Waals surface area contributed by atoms with Crippen molar-refractivity contribution >= 4 is 11.9 Å². The Morgan fingerprint density at radius 1 is 1.50 bits per heavy atom. The lowest BCUT2D eigenvalue weighted by Gasteiger charge is -2.38. The minimum Gasteiger partial charge on any atom is -0.367 e. The SMILES string of the molecule is CN(C)c1ncc(CN2CCOC(C)(C(N)=O)C2)cn1. The Hall–Kier alpha value is -1.73. The summed E-state index contributed by atoms with van der Waals surface area (Å²) in [4.78, 5) is 24.0. The van der Waals surface area contributed by atoms with Crippen LogP contribution in [0.1, 0.15) is 12.5 Å². The Bertz CT molecular complexity index is 476. The van der Waals surface area contributed by atoms with Crippen molar-refractivity contribution < 1.29 is 9.53 Å². The van der Waals surface area contributed by atoms with Gasteiger partial charge < -0.3 is 15.4 Å². The summed E-state index contributed by atoms with van der Waals surface area (Å²) in [5, 5.41) is 0. The summed E-state index contributed by atoms with van der Waals surface area (Å²) >= 11 is 0. The molecule has 0 bridgehead atoms. The van der Waals surface area contributed by atoms with Crippen molar-refractivity contribution in [3.63, 3.8) is 0 Å². The number of nitrogens with two attached hydrogens (primary N) is 1. The van der Waals surface area contributed by atoms with Crippen LogP contribution in [-0.4, -0.2) is 60.2 Å². The monoisotopic (exact) mass is 279 g/mol. The predicted molar refractivity (Wildman–Crippen MR) is 75.2 cm³/mol. The molecule has 2 rings (SSSR count). The van der Waals surface area contributed by atoms with Crippen LogP contribution >= 0.6 is 0 Å². The number of rotatable bonds is 4. The van der Waals surface area contributed by atoms with Crippen molar-refractivity contribution in [2.45, 2.75) is 19.1 Å². The van der Waals surface area contributed by atoms with Crippen LogP contribution in [0.3, 0.4) is 0 Å². The number of amides is 1. The van der Waals surface area contributed by atoms with Gasteiger partial charge in [-0.25, -0.2) is 9.97 Å². The van der Waals surface area contributed by atoms with Crippen LogP contribution in [0, 0.1) is 0 Å². The van der Waals surface area contributed by atoms with E-state index in [1.54, 1.807) is 19.3 Å². The third kappa shape index (κ3) is 3.23. The number of aromatic nitrogens is 2. The quantitative estimate of drug-likeness (QED) is 0.808. The zero-order valence-electron chi connectivity index (χ0n) is 12.2. The molecule has 110 valence electrons. The highest BCUT2D eigenvalue weighted by molar-refractivity contribution is 5.83. The minimum absolute atomic E-state index is 0.429. The summed E-state index contributed by atoms with van der Waals surface area (Å²) in [7, 11) is 3.80. The first-order valence-corrected chi connectivity index (χ1v) is 6.55. The molecule has 1 fully saturated rings. The molecule has 1 amide bonds. The molecule has 1 unspecified atom stereocenters. The Morgan fingerprint density at radius 2 is 2.15 bits per heavy atom. The molecule has 20 heavy (non-hydrogen) atoms. The van der Waals surface area contributed by atoms with Crippen LogP contribution in [0.15, 0.2) is 12.4 Å². The third-order valence-corrected chi connectivity index (χ3v) is 3.37. The first-order chi connectivity index (χ1) is 9.40. The standard InChI is InChI=1S/C13H21N5O2/c1-13(11(14)19)9-18(4-5-20-13)8-10-6-15-12(16-7-10)17(2)3/h6-7H,4-5,8-9H2,1-3H3,(H2,14,19). The van der Waals surface area contributed by atoms with Crippen LogP contribution in [0.25, 0.3) is 0 Å². The molecule has 1 atom stereocenters. The van der Waals surface area contributed by atoms with Gasteiger partial charge in [-0.05, 0) is 6.92 Å². The van der Waals surface area contributed by atoms with Gasteiger partial charge in [0.25, 0.3) is 5.91 Å². The molecule has 1 aliphatic rings. The normalized spacial score (nSPS) is 23.6. The van der Waals surface area contributed by atoms with Gasteiger partial charge in [-0.3, -0.25) is 9.69 Å². The van der Waals surface area contributed by atoms with E-state index >= 15 is 0 Å². The predicted octanol–water partition coefficient (Wildman–Crippen LogP) is -0.381. The van der Waals surface area contributed by atoms with Crippen LogP contribution in [0.5, 0.6) is 0 Å². The van der Waals surface area contributed by atoms with E-state index in [4.69, 9.17) is 10.5 Å². The maximum Gasteiger partial charge on any atom is 0.250 e. The molecule has 2 heterocycles.